The molecular weight excluding hydrogens is 225 g/mol. The Balaban J connectivity index is 1.99. The molecule has 0 saturated heterocycles. The molecule has 2 rings (SSSR count). The van der Waals surface area contributed by atoms with Gasteiger partial charge in [-0.3, -0.25) is 0 Å². The molecule has 16 heavy (non-hydrogen) atoms. The third kappa shape index (κ3) is 2.97. The second-order valence-electron chi connectivity index (χ2n) is 3.41. The fraction of sp³-hybridized carbons (Fsp3) is 0.0769. The van der Waals surface area contributed by atoms with E-state index < -0.39 is 0 Å². The second-order valence-corrected chi connectivity index (χ2v) is 3.81. The van der Waals surface area contributed by atoms with Gasteiger partial charge in [0, 0.05) is 23.3 Å². The predicted octanol–water partition coefficient (Wildman–Crippen LogP) is 3.89. The van der Waals surface area contributed by atoms with Crippen molar-refractivity contribution < 1.29 is 4.39 Å². The first-order chi connectivity index (χ1) is 7.74. The molecule has 81 valence electrons. The van der Waals surface area contributed by atoms with Crippen molar-refractivity contribution in [3.63, 3.8) is 0 Å². The molecule has 0 bridgehead atoms. The van der Waals surface area contributed by atoms with Crippen molar-refractivity contribution in [1.82, 2.24) is 0 Å². The number of rotatable bonds is 3. The van der Waals surface area contributed by atoms with Crippen LogP contribution in [-0.4, -0.2) is 0 Å². The van der Waals surface area contributed by atoms with Gasteiger partial charge >= 0.3 is 0 Å². The standard InChI is InChI=1S/C13H10ClFN/c14-11-3-1-2-10(8-11)9-16-13-6-4-12(15)5-7-13/h1-2,4-8,16H,9H2. The summed E-state index contributed by atoms with van der Waals surface area (Å²) in [4.78, 5) is 0. The molecule has 2 aromatic carbocycles. The van der Waals surface area contributed by atoms with Crippen molar-refractivity contribution in [2.45, 2.75) is 6.54 Å². The Labute approximate surface area is 98.9 Å². The third-order valence-electron chi connectivity index (χ3n) is 2.17. The van der Waals surface area contributed by atoms with Crippen LogP contribution in [0.3, 0.4) is 0 Å². The summed E-state index contributed by atoms with van der Waals surface area (Å²) >= 11 is 5.81. The van der Waals surface area contributed by atoms with E-state index in [1.165, 1.54) is 12.1 Å². The van der Waals surface area contributed by atoms with Crippen LogP contribution in [0.5, 0.6) is 0 Å². The zero-order valence-corrected chi connectivity index (χ0v) is 9.26. The van der Waals surface area contributed by atoms with Crippen LogP contribution >= 0.6 is 11.6 Å². The Morgan fingerprint density at radius 1 is 1.19 bits per heavy atom. The lowest BCUT2D eigenvalue weighted by Crippen LogP contribution is -1.98. The Bertz CT molecular complexity index is 468. The molecule has 0 spiro atoms. The van der Waals surface area contributed by atoms with Gasteiger partial charge < -0.3 is 5.32 Å². The van der Waals surface area contributed by atoms with E-state index in [9.17, 15) is 4.39 Å². The van der Waals surface area contributed by atoms with Gasteiger partial charge in [-0.15, -0.1) is 0 Å². The molecule has 3 heteroatoms. The largest absolute Gasteiger partial charge is 0.381 e. The number of anilines is 1. The van der Waals surface area contributed by atoms with E-state index in [4.69, 9.17) is 11.6 Å². The smallest absolute Gasteiger partial charge is 0.123 e. The summed E-state index contributed by atoms with van der Waals surface area (Å²) in [5.41, 5.74) is 1.94. The summed E-state index contributed by atoms with van der Waals surface area (Å²) in [5, 5.41) is 3.77. The molecule has 0 aliphatic heterocycles. The van der Waals surface area contributed by atoms with Gasteiger partial charge in [0.15, 0.2) is 0 Å². The molecule has 0 aliphatic carbocycles. The van der Waals surface area contributed by atoms with Gasteiger partial charge in [-0.05, 0) is 35.9 Å². The molecule has 0 aromatic heterocycles. The lowest BCUT2D eigenvalue weighted by atomic mass is 10.2. The molecule has 1 N–H and O–H groups in total. The van der Waals surface area contributed by atoms with Crippen LogP contribution in [-0.2, 0) is 6.54 Å². The quantitative estimate of drug-likeness (QED) is 0.850. The SMILES string of the molecule is Fc1ccc(NCc2cc[c]c(Cl)c2)cc1. The van der Waals surface area contributed by atoms with E-state index >= 15 is 0 Å². The maximum atomic E-state index is 12.7. The molecule has 0 heterocycles. The topological polar surface area (TPSA) is 12.0 Å². The van der Waals surface area contributed by atoms with Crippen LogP contribution in [0.2, 0.25) is 5.02 Å². The molecule has 0 atom stereocenters. The van der Waals surface area contributed by atoms with Crippen LogP contribution in [0.4, 0.5) is 10.1 Å². The van der Waals surface area contributed by atoms with Crippen LogP contribution < -0.4 is 5.32 Å². The maximum Gasteiger partial charge on any atom is 0.123 e. The summed E-state index contributed by atoms with van der Waals surface area (Å²) in [5.74, 6) is -0.233. The van der Waals surface area contributed by atoms with Gasteiger partial charge in [0.2, 0.25) is 0 Å². The molecule has 0 unspecified atom stereocenters. The predicted molar refractivity (Wildman–Crippen MR) is 64.0 cm³/mol. The van der Waals surface area contributed by atoms with Crippen LogP contribution in [0, 0.1) is 11.9 Å². The van der Waals surface area contributed by atoms with E-state index in [1.807, 2.05) is 12.1 Å². The normalized spacial score (nSPS) is 10.1. The molecule has 1 nitrogen and oxygen atoms in total. The molecule has 0 fully saturated rings. The fourth-order valence-corrected chi connectivity index (χ4v) is 1.57. The Morgan fingerprint density at radius 2 is 1.94 bits per heavy atom. The maximum absolute atomic E-state index is 12.7. The summed E-state index contributed by atoms with van der Waals surface area (Å²) in [7, 11) is 0. The van der Waals surface area contributed by atoms with Crippen LogP contribution in [0.25, 0.3) is 0 Å². The zero-order chi connectivity index (χ0) is 11.4. The number of benzene rings is 2. The Morgan fingerprint density at radius 3 is 2.62 bits per heavy atom. The van der Waals surface area contributed by atoms with Crippen LogP contribution in [0.1, 0.15) is 5.56 Å². The monoisotopic (exact) mass is 234 g/mol. The minimum absolute atomic E-state index is 0.233. The van der Waals surface area contributed by atoms with Gasteiger partial charge in [0.05, 0.1) is 0 Å². The summed E-state index contributed by atoms with van der Waals surface area (Å²) in [6.07, 6.45) is 0. The van der Waals surface area contributed by atoms with Gasteiger partial charge in [-0.25, -0.2) is 4.39 Å². The van der Waals surface area contributed by atoms with Gasteiger partial charge in [-0.2, -0.15) is 0 Å². The number of hydrogen-bond donors (Lipinski definition) is 1. The molecule has 0 aliphatic rings. The van der Waals surface area contributed by atoms with Crippen LogP contribution in [0.15, 0.2) is 42.5 Å². The first-order valence-corrected chi connectivity index (χ1v) is 5.27. The minimum atomic E-state index is -0.233. The average Bonchev–Trinajstić information content (AvgIpc) is 2.28. The molecule has 1 radical (unpaired) electrons. The highest BCUT2D eigenvalue weighted by Gasteiger charge is 1.96. The molecule has 0 saturated carbocycles. The van der Waals surface area contributed by atoms with E-state index in [1.54, 1.807) is 18.2 Å². The lowest BCUT2D eigenvalue weighted by Gasteiger charge is -2.06. The number of nitrogens with one attached hydrogen (secondary N) is 1. The highest BCUT2D eigenvalue weighted by molar-refractivity contribution is 6.30. The fourth-order valence-electron chi connectivity index (χ4n) is 1.36. The second kappa shape index (κ2) is 4.99. The van der Waals surface area contributed by atoms with E-state index in [-0.39, 0.29) is 5.82 Å². The Hall–Kier alpha value is -1.54. The van der Waals surface area contributed by atoms with Crippen molar-refractivity contribution >= 4 is 17.3 Å². The average molecular weight is 235 g/mol. The van der Waals surface area contributed by atoms with Gasteiger partial charge in [0.1, 0.15) is 5.82 Å². The highest BCUT2D eigenvalue weighted by atomic mass is 35.5. The molecule has 2 aromatic rings. The van der Waals surface area contributed by atoms with Crippen molar-refractivity contribution in [1.29, 1.82) is 0 Å². The van der Waals surface area contributed by atoms with Crippen molar-refractivity contribution in [3.05, 3.63) is 64.9 Å². The first kappa shape index (κ1) is 11.0. The van der Waals surface area contributed by atoms with Gasteiger partial charge in [-0.1, -0.05) is 23.7 Å². The minimum Gasteiger partial charge on any atom is -0.381 e. The van der Waals surface area contributed by atoms with Crippen molar-refractivity contribution in [2.75, 3.05) is 5.32 Å². The summed E-state index contributed by atoms with van der Waals surface area (Å²) < 4.78 is 12.7. The van der Waals surface area contributed by atoms with Gasteiger partial charge in [0.25, 0.3) is 0 Å². The number of halogens is 2. The first-order valence-electron chi connectivity index (χ1n) is 4.89. The lowest BCUT2D eigenvalue weighted by molar-refractivity contribution is 0.628. The molecular formula is C13H10ClFN. The van der Waals surface area contributed by atoms with E-state index in [0.29, 0.717) is 11.6 Å². The summed E-state index contributed by atoms with van der Waals surface area (Å²) in [6.45, 7) is 0.653. The van der Waals surface area contributed by atoms with E-state index in [0.717, 1.165) is 11.3 Å². The van der Waals surface area contributed by atoms with Crippen molar-refractivity contribution in [2.24, 2.45) is 0 Å². The van der Waals surface area contributed by atoms with E-state index in [2.05, 4.69) is 11.4 Å². The zero-order valence-electron chi connectivity index (χ0n) is 8.50. The Kier molecular flexibility index (Phi) is 3.42. The molecule has 0 amide bonds. The number of hydrogen-bond acceptors (Lipinski definition) is 1. The highest BCUT2D eigenvalue weighted by Crippen LogP contribution is 2.13. The third-order valence-corrected chi connectivity index (χ3v) is 2.39. The summed E-state index contributed by atoms with van der Waals surface area (Å²) in [6, 6.07) is 14.7. The van der Waals surface area contributed by atoms with Crippen molar-refractivity contribution in [3.8, 4) is 0 Å².